The van der Waals surface area contributed by atoms with Crippen molar-refractivity contribution >= 4 is 15.7 Å². The summed E-state index contributed by atoms with van der Waals surface area (Å²) in [6.07, 6.45) is 0. The lowest BCUT2D eigenvalue weighted by atomic mass is 10.2. The predicted molar refractivity (Wildman–Crippen MR) is 73.1 cm³/mol. The van der Waals surface area contributed by atoms with E-state index in [9.17, 15) is 12.8 Å². The highest BCUT2D eigenvalue weighted by atomic mass is 32.2. The highest BCUT2D eigenvalue weighted by Crippen LogP contribution is 2.23. The Hall–Kier alpha value is -2.39. The molecule has 0 aromatic heterocycles. The molecule has 0 amide bonds. The van der Waals surface area contributed by atoms with E-state index in [0.29, 0.717) is 5.69 Å². The summed E-state index contributed by atoms with van der Waals surface area (Å²) in [7, 11) is -2.42. The van der Waals surface area contributed by atoms with Gasteiger partial charge in [0.25, 0.3) is 10.0 Å². The molecule has 102 valence electrons. The Labute approximate surface area is 116 Å². The molecule has 4 nitrogen and oxygen atoms in total. The van der Waals surface area contributed by atoms with Crippen LogP contribution in [0, 0.1) is 17.1 Å². The van der Waals surface area contributed by atoms with E-state index in [2.05, 4.69) is 0 Å². The van der Waals surface area contributed by atoms with Crippen LogP contribution in [-0.2, 0) is 10.0 Å². The molecule has 0 atom stereocenters. The highest BCUT2D eigenvalue weighted by Gasteiger charge is 2.22. The second-order valence-corrected chi connectivity index (χ2v) is 6.03. The van der Waals surface area contributed by atoms with Crippen LogP contribution in [0.2, 0.25) is 0 Å². The molecule has 0 unspecified atom stereocenters. The molecule has 2 rings (SSSR count). The number of rotatable bonds is 3. The number of benzene rings is 2. The zero-order valence-corrected chi connectivity index (χ0v) is 11.4. The lowest BCUT2D eigenvalue weighted by Gasteiger charge is -2.19. The van der Waals surface area contributed by atoms with Gasteiger partial charge in [-0.25, -0.2) is 12.8 Å². The van der Waals surface area contributed by atoms with E-state index in [0.717, 1.165) is 22.5 Å². The lowest BCUT2D eigenvalue weighted by Crippen LogP contribution is -2.26. The van der Waals surface area contributed by atoms with Crippen LogP contribution < -0.4 is 4.31 Å². The van der Waals surface area contributed by atoms with Gasteiger partial charge >= 0.3 is 0 Å². The molecule has 0 bridgehead atoms. The Bertz CT molecular complexity index is 768. The molecular formula is C14H11FN2O2S. The third kappa shape index (κ3) is 2.49. The molecule has 20 heavy (non-hydrogen) atoms. The number of sulfonamides is 1. The van der Waals surface area contributed by atoms with Crippen LogP contribution in [0.15, 0.2) is 53.4 Å². The van der Waals surface area contributed by atoms with Crippen molar-refractivity contribution in [3.8, 4) is 6.07 Å². The van der Waals surface area contributed by atoms with Gasteiger partial charge in [0.05, 0.1) is 16.1 Å². The van der Waals surface area contributed by atoms with Gasteiger partial charge in [-0.1, -0.05) is 18.2 Å². The summed E-state index contributed by atoms with van der Waals surface area (Å²) in [6, 6.07) is 13.3. The number of nitriles is 1. The van der Waals surface area contributed by atoms with Crippen molar-refractivity contribution in [1.29, 1.82) is 5.26 Å². The van der Waals surface area contributed by atoms with Crippen molar-refractivity contribution in [3.63, 3.8) is 0 Å². The van der Waals surface area contributed by atoms with Crippen LogP contribution in [0.3, 0.4) is 0 Å². The summed E-state index contributed by atoms with van der Waals surface area (Å²) < 4.78 is 39.1. The number of hydrogen-bond donors (Lipinski definition) is 0. The third-order valence-corrected chi connectivity index (χ3v) is 4.62. The third-order valence-electron chi connectivity index (χ3n) is 2.84. The van der Waals surface area contributed by atoms with E-state index in [1.54, 1.807) is 36.4 Å². The Morgan fingerprint density at radius 2 is 1.80 bits per heavy atom. The second kappa shape index (κ2) is 5.31. The number of halogens is 1. The van der Waals surface area contributed by atoms with Crippen LogP contribution >= 0.6 is 0 Å². The minimum absolute atomic E-state index is 0.123. The van der Waals surface area contributed by atoms with Crippen molar-refractivity contribution in [1.82, 2.24) is 0 Å². The van der Waals surface area contributed by atoms with Gasteiger partial charge in [-0.05, 0) is 30.3 Å². The maximum absolute atomic E-state index is 13.3. The Morgan fingerprint density at radius 3 is 2.40 bits per heavy atom. The fourth-order valence-corrected chi connectivity index (χ4v) is 2.91. The molecule has 2 aromatic rings. The molecule has 0 saturated carbocycles. The summed E-state index contributed by atoms with van der Waals surface area (Å²) >= 11 is 0. The monoisotopic (exact) mass is 290 g/mol. The highest BCUT2D eigenvalue weighted by molar-refractivity contribution is 7.92. The van der Waals surface area contributed by atoms with Gasteiger partial charge in [-0.2, -0.15) is 5.26 Å². The fraction of sp³-hybridized carbons (Fsp3) is 0.0714. The molecule has 6 heteroatoms. The van der Waals surface area contributed by atoms with Gasteiger partial charge in [0.2, 0.25) is 0 Å². The second-order valence-electron chi connectivity index (χ2n) is 4.06. The maximum atomic E-state index is 13.3. The molecule has 0 radical (unpaired) electrons. The van der Waals surface area contributed by atoms with E-state index >= 15 is 0 Å². The van der Waals surface area contributed by atoms with Gasteiger partial charge in [0.1, 0.15) is 11.9 Å². The smallest absolute Gasteiger partial charge is 0.264 e. The number of hydrogen-bond acceptors (Lipinski definition) is 3. The lowest BCUT2D eigenvalue weighted by molar-refractivity contribution is 0.592. The standard InChI is InChI=1S/C14H11FN2O2S/c1-17(12-5-3-2-4-6-12)20(18,19)13-7-8-14(15)11(9-13)10-16/h2-9H,1H3. The summed E-state index contributed by atoms with van der Waals surface area (Å²) in [6.45, 7) is 0. The first kappa shape index (κ1) is 14.0. The summed E-state index contributed by atoms with van der Waals surface area (Å²) in [5, 5.41) is 8.77. The average molecular weight is 290 g/mol. The minimum atomic E-state index is -3.83. The molecule has 0 fully saturated rings. The van der Waals surface area contributed by atoms with Crippen LogP contribution in [0.1, 0.15) is 5.56 Å². The van der Waals surface area contributed by atoms with Gasteiger partial charge < -0.3 is 0 Å². The van der Waals surface area contributed by atoms with Crippen molar-refractivity contribution in [3.05, 3.63) is 59.9 Å². The first-order chi connectivity index (χ1) is 9.46. The van der Waals surface area contributed by atoms with E-state index in [-0.39, 0.29) is 10.5 Å². The Balaban J connectivity index is 2.49. The topological polar surface area (TPSA) is 61.2 Å². The molecule has 0 aliphatic carbocycles. The van der Waals surface area contributed by atoms with Crippen LogP contribution in [0.5, 0.6) is 0 Å². The zero-order valence-electron chi connectivity index (χ0n) is 10.6. The van der Waals surface area contributed by atoms with Gasteiger partial charge in [-0.3, -0.25) is 4.31 Å². The normalized spacial score (nSPS) is 10.8. The minimum Gasteiger partial charge on any atom is -0.269 e. The van der Waals surface area contributed by atoms with Crippen LogP contribution in [-0.4, -0.2) is 15.5 Å². The SMILES string of the molecule is CN(c1ccccc1)S(=O)(=O)c1ccc(F)c(C#N)c1. The van der Waals surface area contributed by atoms with Crippen molar-refractivity contribution in [2.24, 2.45) is 0 Å². The quantitative estimate of drug-likeness (QED) is 0.872. The fourth-order valence-electron chi connectivity index (χ4n) is 1.69. The molecule has 0 saturated heterocycles. The first-order valence-electron chi connectivity index (χ1n) is 5.70. The van der Waals surface area contributed by atoms with Gasteiger partial charge in [0.15, 0.2) is 0 Å². The molecule has 0 heterocycles. The first-order valence-corrected chi connectivity index (χ1v) is 7.14. The van der Waals surface area contributed by atoms with Crippen molar-refractivity contribution in [2.45, 2.75) is 4.90 Å². The number of nitrogens with zero attached hydrogens (tertiary/aromatic N) is 2. The number of anilines is 1. The molecule has 0 aliphatic rings. The molecular weight excluding hydrogens is 279 g/mol. The van der Waals surface area contributed by atoms with Crippen LogP contribution in [0.4, 0.5) is 10.1 Å². The Morgan fingerprint density at radius 1 is 1.15 bits per heavy atom. The largest absolute Gasteiger partial charge is 0.269 e. The van der Waals surface area contributed by atoms with Crippen molar-refractivity contribution < 1.29 is 12.8 Å². The van der Waals surface area contributed by atoms with Gasteiger partial charge in [0, 0.05) is 7.05 Å². The van der Waals surface area contributed by atoms with E-state index in [1.165, 1.54) is 7.05 Å². The predicted octanol–water partition coefficient (Wildman–Crippen LogP) is 2.52. The molecule has 0 spiro atoms. The van der Waals surface area contributed by atoms with Crippen LogP contribution in [0.25, 0.3) is 0 Å². The molecule has 0 N–H and O–H groups in total. The molecule has 0 aliphatic heterocycles. The molecule has 2 aromatic carbocycles. The summed E-state index contributed by atoms with van der Waals surface area (Å²) in [5.74, 6) is -0.742. The Kier molecular flexibility index (Phi) is 3.72. The summed E-state index contributed by atoms with van der Waals surface area (Å²) in [5.41, 5.74) is 0.183. The number of para-hydroxylation sites is 1. The van der Waals surface area contributed by atoms with Crippen molar-refractivity contribution in [2.75, 3.05) is 11.4 Å². The zero-order chi connectivity index (χ0) is 14.8. The van der Waals surface area contributed by atoms with E-state index in [1.807, 2.05) is 0 Å². The summed E-state index contributed by atoms with van der Waals surface area (Å²) in [4.78, 5) is -0.123. The maximum Gasteiger partial charge on any atom is 0.264 e. The average Bonchev–Trinajstić information content (AvgIpc) is 2.47. The van der Waals surface area contributed by atoms with Gasteiger partial charge in [-0.15, -0.1) is 0 Å². The van der Waals surface area contributed by atoms with E-state index in [4.69, 9.17) is 5.26 Å². The van der Waals surface area contributed by atoms with E-state index < -0.39 is 15.8 Å².